The first kappa shape index (κ1) is 15.9. The number of carbonyl (C=O) groups is 1. The topological polar surface area (TPSA) is 61.2 Å². The summed E-state index contributed by atoms with van der Waals surface area (Å²) in [6.07, 6.45) is 0.388. The number of carbonyl (C=O) groups excluding carboxylic acids is 1. The molecule has 0 spiro atoms. The normalized spacial score (nSPS) is 12.0. The highest BCUT2D eigenvalue weighted by Crippen LogP contribution is 2.17. The van der Waals surface area contributed by atoms with Crippen molar-refractivity contribution in [1.29, 1.82) is 0 Å². The molecule has 0 aliphatic carbocycles. The standard InChI is InChI=1S/C16H17FN2O3/c1-3-14(16(21)22-4-2)19-15(20)10-9-13(18-19)11-5-7-12(17)8-6-11/h5-10,14H,3-4H2,1-2H3. The Bertz CT molecular complexity index is 710. The van der Waals surface area contributed by atoms with Crippen molar-refractivity contribution in [2.45, 2.75) is 26.3 Å². The third kappa shape index (κ3) is 3.39. The van der Waals surface area contributed by atoms with Gasteiger partial charge in [-0.1, -0.05) is 6.92 Å². The van der Waals surface area contributed by atoms with E-state index in [1.807, 2.05) is 0 Å². The Hall–Kier alpha value is -2.50. The van der Waals surface area contributed by atoms with Crippen LogP contribution >= 0.6 is 0 Å². The molecule has 0 aliphatic heterocycles. The first-order valence-electron chi connectivity index (χ1n) is 7.09. The summed E-state index contributed by atoms with van der Waals surface area (Å²) in [7, 11) is 0. The summed E-state index contributed by atoms with van der Waals surface area (Å²) in [5.41, 5.74) is 0.766. The number of hydrogen-bond donors (Lipinski definition) is 0. The summed E-state index contributed by atoms with van der Waals surface area (Å²) in [6.45, 7) is 3.72. The predicted octanol–water partition coefficient (Wildman–Crippen LogP) is 2.56. The molecule has 1 aromatic carbocycles. The lowest BCUT2D eigenvalue weighted by Gasteiger charge is -2.16. The Morgan fingerprint density at radius 3 is 2.50 bits per heavy atom. The molecule has 0 saturated carbocycles. The number of esters is 1. The molecule has 6 heteroatoms. The van der Waals surface area contributed by atoms with Crippen molar-refractivity contribution in [3.63, 3.8) is 0 Å². The fraction of sp³-hybridized carbons (Fsp3) is 0.312. The van der Waals surface area contributed by atoms with E-state index in [1.165, 1.54) is 18.2 Å². The van der Waals surface area contributed by atoms with E-state index in [0.717, 1.165) is 4.68 Å². The van der Waals surface area contributed by atoms with Gasteiger partial charge in [0.1, 0.15) is 5.82 Å². The van der Waals surface area contributed by atoms with Crippen LogP contribution in [-0.2, 0) is 9.53 Å². The maximum atomic E-state index is 13.0. The smallest absolute Gasteiger partial charge is 0.331 e. The third-order valence-electron chi connectivity index (χ3n) is 3.21. The number of nitrogens with zero attached hydrogens (tertiary/aromatic N) is 2. The number of benzene rings is 1. The van der Waals surface area contributed by atoms with Crippen LogP contribution in [0.1, 0.15) is 26.3 Å². The minimum atomic E-state index is -0.771. The number of hydrogen-bond acceptors (Lipinski definition) is 4. The molecule has 0 saturated heterocycles. The second kappa shape index (κ2) is 6.98. The highest BCUT2D eigenvalue weighted by molar-refractivity contribution is 5.74. The van der Waals surface area contributed by atoms with Gasteiger partial charge in [0.15, 0.2) is 6.04 Å². The molecule has 2 aromatic rings. The quantitative estimate of drug-likeness (QED) is 0.797. The zero-order valence-electron chi connectivity index (χ0n) is 12.5. The minimum Gasteiger partial charge on any atom is -0.464 e. The molecular formula is C16H17FN2O3. The van der Waals surface area contributed by atoms with E-state index in [1.54, 1.807) is 32.0 Å². The number of halogens is 1. The molecule has 5 nitrogen and oxygen atoms in total. The molecule has 1 heterocycles. The van der Waals surface area contributed by atoms with Gasteiger partial charge in [-0.15, -0.1) is 0 Å². The summed E-state index contributed by atoms with van der Waals surface area (Å²) >= 11 is 0. The van der Waals surface area contributed by atoms with Crippen LogP contribution in [0.5, 0.6) is 0 Å². The third-order valence-corrected chi connectivity index (χ3v) is 3.21. The van der Waals surface area contributed by atoms with Gasteiger partial charge < -0.3 is 4.74 Å². The van der Waals surface area contributed by atoms with Crippen LogP contribution in [0, 0.1) is 5.82 Å². The van der Waals surface area contributed by atoms with E-state index >= 15 is 0 Å². The van der Waals surface area contributed by atoms with E-state index in [-0.39, 0.29) is 18.0 Å². The van der Waals surface area contributed by atoms with Gasteiger partial charge in [-0.2, -0.15) is 5.10 Å². The van der Waals surface area contributed by atoms with Gasteiger partial charge in [0.25, 0.3) is 5.56 Å². The molecule has 2 rings (SSSR count). The van der Waals surface area contributed by atoms with Crippen molar-refractivity contribution in [3.8, 4) is 11.3 Å². The number of aromatic nitrogens is 2. The van der Waals surface area contributed by atoms with E-state index in [4.69, 9.17) is 4.74 Å². The second-order valence-corrected chi connectivity index (χ2v) is 4.68. The zero-order chi connectivity index (χ0) is 16.1. The molecule has 1 aromatic heterocycles. The fourth-order valence-corrected chi connectivity index (χ4v) is 2.10. The molecule has 22 heavy (non-hydrogen) atoms. The number of rotatable bonds is 5. The maximum Gasteiger partial charge on any atom is 0.331 e. The van der Waals surface area contributed by atoms with Gasteiger partial charge in [0.2, 0.25) is 0 Å². The molecule has 1 atom stereocenters. The molecule has 0 fully saturated rings. The summed E-state index contributed by atoms with van der Waals surface area (Å²) in [4.78, 5) is 23.9. The monoisotopic (exact) mass is 304 g/mol. The molecule has 0 N–H and O–H groups in total. The van der Waals surface area contributed by atoms with E-state index in [9.17, 15) is 14.0 Å². The van der Waals surface area contributed by atoms with Crippen LogP contribution in [0.25, 0.3) is 11.3 Å². The molecular weight excluding hydrogens is 287 g/mol. The van der Waals surface area contributed by atoms with Crippen molar-refractivity contribution in [2.75, 3.05) is 6.61 Å². The van der Waals surface area contributed by atoms with Gasteiger partial charge in [-0.05, 0) is 43.7 Å². The van der Waals surface area contributed by atoms with Crippen LogP contribution in [0.3, 0.4) is 0 Å². The Morgan fingerprint density at radius 2 is 1.91 bits per heavy atom. The van der Waals surface area contributed by atoms with Crippen molar-refractivity contribution in [2.24, 2.45) is 0 Å². The van der Waals surface area contributed by atoms with Crippen LogP contribution in [0.2, 0.25) is 0 Å². The molecule has 0 amide bonds. The van der Waals surface area contributed by atoms with Crippen molar-refractivity contribution in [3.05, 3.63) is 52.6 Å². The van der Waals surface area contributed by atoms with Gasteiger partial charge in [0, 0.05) is 11.6 Å². The van der Waals surface area contributed by atoms with Crippen molar-refractivity contribution >= 4 is 5.97 Å². The highest BCUT2D eigenvalue weighted by Gasteiger charge is 2.22. The lowest BCUT2D eigenvalue weighted by Crippen LogP contribution is -2.32. The molecule has 116 valence electrons. The van der Waals surface area contributed by atoms with Crippen LogP contribution in [0.4, 0.5) is 4.39 Å². The van der Waals surface area contributed by atoms with E-state index in [2.05, 4.69) is 5.10 Å². The average molecular weight is 304 g/mol. The van der Waals surface area contributed by atoms with E-state index < -0.39 is 12.0 Å². The Morgan fingerprint density at radius 1 is 1.23 bits per heavy atom. The van der Waals surface area contributed by atoms with Gasteiger partial charge in [0.05, 0.1) is 12.3 Å². The largest absolute Gasteiger partial charge is 0.464 e. The van der Waals surface area contributed by atoms with Crippen molar-refractivity contribution < 1.29 is 13.9 Å². The molecule has 0 radical (unpaired) electrons. The fourth-order valence-electron chi connectivity index (χ4n) is 2.10. The molecule has 0 bridgehead atoms. The zero-order valence-corrected chi connectivity index (χ0v) is 12.5. The first-order valence-corrected chi connectivity index (χ1v) is 7.09. The Kier molecular flexibility index (Phi) is 5.04. The lowest BCUT2D eigenvalue weighted by molar-refractivity contribution is -0.147. The summed E-state index contributed by atoms with van der Waals surface area (Å²) in [5, 5.41) is 4.23. The van der Waals surface area contributed by atoms with E-state index in [0.29, 0.717) is 17.7 Å². The van der Waals surface area contributed by atoms with Gasteiger partial charge in [-0.25, -0.2) is 13.9 Å². The van der Waals surface area contributed by atoms with Crippen LogP contribution in [-0.4, -0.2) is 22.4 Å². The summed E-state index contributed by atoms with van der Waals surface area (Å²) < 4.78 is 19.1. The number of ether oxygens (including phenoxy) is 1. The minimum absolute atomic E-state index is 0.238. The maximum absolute atomic E-state index is 13.0. The lowest BCUT2D eigenvalue weighted by atomic mass is 10.1. The summed E-state index contributed by atoms with van der Waals surface area (Å²) in [6, 6.07) is 7.88. The predicted molar refractivity (Wildman–Crippen MR) is 79.9 cm³/mol. The van der Waals surface area contributed by atoms with Gasteiger partial charge >= 0.3 is 5.97 Å². The molecule has 0 aliphatic rings. The molecule has 1 unspecified atom stereocenters. The highest BCUT2D eigenvalue weighted by atomic mass is 19.1. The van der Waals surface area contributed by atoms with Crippen molar-refractivity contribution in [1.82, 2.24) is 9.78 Å². The van der Waals surface area contributed by atoms with Gasteiger partial charge in [-0.3, -0.25) is 4.79 Å². The SMILES string of the molecule is CCOC(=O)C(CC)n1nc(-c2ccc(F)cc2)ccc1=O. The summed E-state index contributed by atoms with van der Waals surface area (Å²) in [5.74, 6) is -0.842. The average Bonchev–Trinajstić information content (AvgIpc) is 2.51. The Balaban J connectivity index is 2.43. The van der Waals surface area contributed by atoms with Crippen LogP contribution < -0.4 is 5.56 Å². The Labute approximate surface area is 127 Å². The van der Waals surface area contributed by atoms with Crippen LogP contribution in [0.15, 0.2) is 41.2 Å². The second-order valence-electron chi connectivity index (χ2n) is 4.68. The first-order chi connectivity index (χ1) is 10.6.